The van der Waals surface area contributed by atoms with E-state index in [4.69, 9.17) is 16.0 Å². The van der Waals surface area contributed by atoms with Crippen molar-refractivity contribution in [3.05, 3.63) is 22.6 Å². The molecule has 0 fully saturated rings. The van der Waals surface area contributed by atoms with Gasteiger partial charge in [-0.15, -0.1) is 11.6 Å². The van der Waals surface area contributed by atoms with E-state index in [0.29, 0.717) is 17.2 Å². The first-order valence-corrected chi connectivity index (χ1v) is 6.48. The zero-order chi connectivity index (χ0) is 13.0. The molecule has 0 bridgehead atoms. The molecule has 0 aromatic carbocycles. The third-order valence-corrected chi connectivity index (χ3v) is 3.29. The van der Waals surface area contributed by atoms with Gasteiger partial charge in [0.2, 0.25) is 0 Å². The van der Waals surface area contributed by atoms with Gasteiger partial charge in [0.1, 0.15) is 11.5 Å². The number of alkyl halides is 1. The molecule has 1 unspecified atom stereocenters. The van der Waals surface area contributed by atoms with Crippen LogP contribution in [0.15, 0.2) is 4.42 Å². The molecule has 0 aliphatic carbocycles. The number of nitrogens with one attached hydrogen (secondary N) is 1. The van der Waals surface area contributed by atoms with Crippen molar-refractivity contribution in [1.29, 1.82) is 0 Å². The maximum atomic E-state index is 12.1. The summed E-state index contributed by atoms with van der Waals surface area (Å²) in [7, 11) is 0. The zero-order valence-electron chi connectivity index (χ0n) is 10.9. The Balaban J connectivity index is 2.82. The SMILES string of the molecule is CCC(CCCl)NC(=O)c1c(C)oc(C)c1C. The van der Waals surface area contributed by atoms with Crippen LogP contribution >= 0.6 is 11.6 Å². The Morgan fingerprint density at radius 3 is 2.41 bits per heavy atom. The van der Waals surface area contributed by atoms with Crippen LogP contribution in [-0.2, 0) is 0 Å². The van der Waals surface area contributed by atoms with Gasteiger partial charge < -0.3 is 9.73 Å². The summed E-state index contributed by atoms with van der Waals surface area (Å²) in [5.41, 5.74) is 1.58. The fourth-order valence-electron chi connectivity index (χ4n) is 1.90. The molecule has 1 aromatic heterocycles. The number of aryl methyl sites for hydroxylation is 2. The largest absolute Gasteiger partial charge is 0.466 e. The van der Waals surface area contributed by atoms with Crippen molar-refractivity contribution in [3.8, 4) is 0 Å². The van der Waals surface area contributed by atoms with Gasteiger partial charge >= 0.3 is 0 Å². The lowest BCUT2D eigenvalue weighted by molar-refractivity contribution is 0.0933. The Morgan fingerprint density at radius 2 is 2.00 bits per heavy atom. The Kier molecular flexibility index (Phi) is 5.06. The van der Waals surface area contributed by atoms with E-state index in [9.17, 15) is 4.79 Å². The highest BCUT2D eigenvalue weighted by Gasteiger charge is 2.20. The molecule has 0 aliphatic rings. The average molecular weight is 258 g/mol. The Bertz CT molecular complexity index is 398. The van der Waals surface area contributed by atoms with E-state index in [0.717, 1.165) is 24.2 Å². The number of carbonyl (C=O) groups excluding carboxylic acids is 1. The van der Waals surface area contributed by atoms with E-state index in [1.54, 1.807) is 0 Å². The minimum atomic E-state index is -0.0613. The summed E-state index contributed by atoms with van der Waals surface area (Å²) in [5, 5.41) is 3.00. The molecule has 0 saturated carbocycles. The van der Waals surface area contributed by atoms with Gasteiger partial charge in [-0.1, -0.05) is 6.92 Å². The van der Waals surface area contributed by atoms with Crippen molar-refractivity contribution < 1.29 is 9.21 Å². The molecule has 4 heteroatoms. The van der Waals surface area contributed by atoms with Crippen LogP contribution in [0.2, 0.25) is 0 Å². The van der Waals surface area contributed by atoms with Crippen molar-refractivity contribution in [1.82, 2.24) is 5.32 Å². The molecule has 0 radical (unpaired) electrons. The third kappa shape index (κ3) is 3.25. The van der Waals surface area contributed by atoms with Gasteiger partial charge in [0.15, 0.2) is 0 Å². The number of furan rings is 1. The van der Waals surface area contributed by atoms with Crippen LogP contribution < -0.4 is 5.32 Å². The molecule has 0 aliphatic heterocycles. The number of rotatable bonds is 5. The first kappa shape index (κ1) is 14.1. The topological polar surface area (TPSA) is 42.2 Å². The lowest BCUT2D eigenvalue weighted by Gasteiger charge is -2.15. The van der Waals surface area contributed by atoms with Crippen molar-refractivity contribution in [2.24, 2.45) is 0 Å². The van der Waals surface area contributed by atoms with Gasteiger partial charge in [-0.05, 0) is 33.6 Å². The van der Waals surface area contributed by atoms with Crippen molar-refractivity contribution >= 4 is 17.5 Å². The van der Waals surface area contributed by atoms with E-state index in [1.165, 1.54) is 0 Å². The summed E-state index contributed by atoms with van der Waals surface area (Å²) in [4.78, 5) is 12.1. The Hall–Kier alpha value is -0.960. The first-order chi connectivity index (χ1) is 8.01. The van der Waals surface area contributed by atoms with Crippen LogP contribution in [0.3, 0.4) is 0 Å². The lowest BCUT2D eigenvalue weighted by Crippen LogP contribution is -2.35. The number of carbonyl (C=O) groups is 1. The minimum Gasteiger partial charge on any atom is -0.466 e. The minimum absolute atomic E-state index is 0.0613. The van der Waals surface area contributed by atoms with Crippen LogP contribution in [0.1, 0.15) is 47.2 Å². The monoisotopic (exact) mass is 257 g/mol. The second kappa shape index (κ2) is 6.10. The molecule has 3 nitrogen and oxygen atoms in total. The van der Waals surface area contributed by atoms with E-state index >= 15 is 0 Å². The van der Waals surface area contributed by atoms with Crippen LogP contribution in [0.25, 0.3) is 0 Å². The quantitative estimate of drug-likeness (QED) is 0.822. The molecule has 96 valence electrons. The summed E-state index contributed by atoms with van der Waals surface area (Å²) in [6, 6.07) is 0.133. The maximum absolute atomic E-state index is 12.1. The second-order valence-corrected chi connectivity index (χ2v) is 4.65. The van der Waals surface area contributed by atoms with Gasteiger partial charge in [0.25, 0.3) is 5.91 Å². The molecule has 1 N–H and O–H groups in total. The number of hydrogen-bond donors (Lipinski definition) is 1. The second-order valence-electron chi connectivity index (χ2n) is 4.27. The molecular weight excluding hydrogens is 238 g/mol. The summed E-state index contributed by atoms with van der Waals surface area (Å²) >= 11 is 5.70. The fraction of sp³-hybridized carbons (Fsp3) is 0.615. The van der Waals surface area contributed by atoms with Gasteiger partial charge in [0, 0.05) is 17.5 Å². The summed E-state index contributed by atoms with van der Waals surface area (Å²) in [6.45, 7) is 7.63. The molecule has 1 amide bonds. The molecule has 0 spiro atoms. The van der Waals surface area contributed by atoms with E-state index in [-0.39, 0.29) is 11.9 Å². The predicted octanol–water partition coefficient (Wildman–Crippen LogP) is 3.34. The van der Waals surface area contributed by atoms with Crippen molar-refractivity contribution in [2.75, 3.05) is 5.88 Å². The zero-order valence-corrected chi connectivity index (χ0v) is 11.6. The highest BCUT2D eigenvalue weighted by Crippen LogP contribution is 2.20. The molecule has 1 rings (SSSR count). The van der Waals surface area contributed by atoms with Gasteiger partial charge in [-0.2, -0.15) is 0 Å². The van der Waals surface area contributed by atoms with Gasteiger partial charge in [-0.3, -0.25) is 4.79 Å². The normalized spacial score (nSPS) is 12.5. The fourth-order valence-corrected chi connectivity index (χ4v) is 2.16. The molecule has 1 atom stereocenters. The van der Waals surface area contributed by atoms with Gasteiger partial charge in [-0.25, -0.2) is 0 Å². The molecule has 17 heavy (non-hydrogen) atoms. The van der Waals surface area contributed by atoms with Crippen molar-refractivity contribution in [2.45, 2.75) is 46.6 Å². The van der Waals surface area contributed by atoms with Crippen LogP contribution in [-0.4, -0.2) is 17.8 Å². The Morgan fingerprint density at radius 1 is 1.35 bits per heavy atom. The Labute approximate surface area is 108 Å². The van der Waals surface area contributed by atoms with Gasteiger partial charge in [0.05, 0.1) is 5.56 Å². The van der Waals surface area contributed by atoms with Crippen molar-refractivity contribution in [3.63, 3.8) is 0 Å². The highest BCUT2D eigenvalue weighted by molar-refractivity contribution is 6.17. The number of hydrogen-bond acceptors (Lipinski definition) is 2. The van der Waals surface area contributed by atoms with Crippen LogP contribution in [0, 0.1) is 20.8 Å². The van der Waals surface area contributed by atoms with Crippen LogP contribution in [0.4, 0.5) is 0 Å². The van der Waals surface area contributed by atoms with Crippen LogP contribution in [0.5, 0.6) is 0 Å². The number of amides is 1. The molecule has 1 heterocycles. The molecular formula is C13H20ClNO2. The number of halogens is 1. The molecule has 0 saturated heterocycles. The lowest BCUT2D eigenvalue weighted by atomic mass is 10.1. The van der Waals surface area contributed by atoms with E-state index < -0.39 is 0 Å². The average Bonchev–Trinajstić information content (AvgIpc) is 2.52. The first-order valence-electron chi connectivity index (χ1n) is 5.94. The summed E-state index contributed by atoms with van der Waals surface area (Å²) < 4.78 is 5.45. The summed E-state index contributed by atoms with van der Waals surface area (Å²) in [6.07, 6.45) is 1.67. The van der Waals surface area contributed by atoms with E-state index in [2.05, 4.69) is 5.32 Å². The highest BCUT2D eigenvalue weighted by atomic mass is 35.5. The molecule has 1 aromatic rings. The van der Waals surface area contributed by atoms with E-state index in [1.807, 2.05) is 27.7 Å². The standard InChI is InChI=1S/C13H20ClNO2/c1-5-11(6-7-14)15-13(16)12-8(2)9(3)17-10(12)4/h11H,5-7H2,1-4H3,(H,15,16). The summed E-state index contributed by atoms with van der Waals surface area (Å²) in [5.74, 6) is 1.98. The maximum Gasteiger partial charge on any atom is 0.255 e. The smallest absolute Gasteiger partial charge is 0.255 e. The third-order valence-electron chi connectivity index (χ3n) is 3.07. The predicted molar refractivity (Wildman–Crippen MR) is 69.8 cm³/mol.